The van der Waals surface area contributed by atoms with Gasteiger partial charge in [-0.1, -0.05) is 20.3 Å². The van der Waals surface area contributed by atoms with Crippen molar-refractivity contribution in [1.29, 1.82) is 0 Å². The van der Waals surface area contributed by atoms with Gasteiger partial charge < -0.3 is 16.2 Å². The van der Waals surface area contributed by atoms with Crippen molar-refractivity contribution in [2.75, 3.05) is 13.2 Å². The number of carbonyl (C=O) groups excluding carboxylic acids is 1. The van der Waals surface area contributed by atoms with Crippen LogP contribution in [0.2, 0.25) is 0 Å². The molecule has 0 aliphatic heterocycles. The summed E-state index contributed by atoms with van der Waals surface area (Å²) >= 11 is 0. The summed E-state index contributed by atoms with van der Waals surface area (Å²) < 4.78 is 0. The summed E-state index contributed by atoms with van der Waals surface area (Å²) in [6, 6.07) is -0.0953. The van der Waals surface area contributed by atoms with Crippen LogP contribution in [0.3, 0.4) is 0 Å². The molecule has 0 rings (SSSR count). The lowest BCUT2D eigenvalue weighted by Gasteiger charge is -2.16. The molecular formula is C12H26N2O2. The van der Waals surface area contributed by atoms with Gasteiger partial charge in [-0.3, -0.25) is 4.79 Å². The van der Waals surface area contributed by atoms with Gasteiger partial charge in [-0.15, -0.1) is 0 Å². The molecule has 96 valence electrons. The first kappa shape index (κ1) is 15.4. The van der Waals surface area contributed by atoms with E-state index in [1.165, 1.54) is 0 Å². The molecule has 0 aliphatic rings. The molecule has 2 atom stereocenters. The topological polar surface area (TPSA) is 75.4 Å². The van der Waals surface area contributed by atoms with Gasteiger partial charge in [0.25, 0.3) is 0 Å². The summed E-state index contributed by atoms with van der Waals surface area (Å²) in [6.07, 6.45) is 4.25. The summed E-state index contributed by atoms with van der Waals surface area (Å²) in [7, 11) is 0. The minimum atomic E-state index is -0.0953. The molecule has 0 aromatic heterocycles. The maximum Gasteiger partial charge on any atom is 0.220 e. The lowest BCUT2D eigenvalue weighted by molar-refractivity contribution is -0.122. The molecule has 0 saturated carbocycles. The van der Waals surface area contributed by atoms with E-state index in [4.69, 9.17) is 10.8 Å². The zero-order chi connectivity index (χ0) is 12.4. The van der Waals surface area contributed by atoms with E-state index < -0.39 is 0 Å². The van der Waals surface area contributed by atoms with Crippen LogP contribution in [0.25, 0.3) is 0 Å². The van der Waals surface area contributed by atoms with Crippen LogP contribution in [0.5, 0.6) is 0 Å². The lowest BCUT2D eigenvalue weighted by Crippen LogP contribution is -2.37. The van der Waals surface area contributed by atoms with Crippen molar-refractivity contribution < 1.29 is 9.90 Å². The van der Waals surface area contributed by atoms with Crippen LogP contribution in [0.15, 0.2) is 0 Å². The molecule has 16 heavy (non-hydrogen) atoms. The second-order valence-corrected chi connectivity index (χ2v) is 4.25. The number of aliphatic hydroxyl groups excluding tert-OH is 1. The molecule has 0 saturated heterocycles. The highest BCUT2D eigenvalue weighted by molar-refractivity contribution is 5.76. The van der Waals surface area contributed by atoms with E-state index >= 15 is 0 Å². The van der Waals surface area contributed by atoms with Gasteiger partial charge in [-0.2, -0.15) is 0 Å². The molecule has 0 aliphatic carbocycles. The number of nitrogens with two attached hydrogens (primary N) is 1. The second-order valence-electron chi connectivity index (χ2n) is 4.25. The summed E-state index contributed by atoms with van der Waals surface area (Å²) in [5, 5.41) is 11.8. The third kappa shape index (κ3) is 6.80. The standard InChI is InChI=1S/C12H26N2O2/c1-3-10(7-8-13)5-6-12(16)14-11(4-2)9-15/h10-11,15H,3-9,13H2,1-2H3,(H,14,16)/t10?,11-/m1/s1. The molecular weight excluding hydrogens is 204 g/mol. The Kier molecular flexibility index (Phi) is 9.24. The fourth-order valence-electron chi connectivity index (χ4n) is 1.70. The van der Waals surface area contributed by atoms with Crippen LogP contribution in [0, 0.1) is 5.92 Å². The van der Waals surface area contributed by atoms with E-state index in [0.717, 1.165) is 25.7 Å². The second kappa shape index (κ2) is 9.60. The Balaban J connectivity index is 3.78. The molecule has 1 unspecified atom stereocenters. The highest BCUT2D eigenvalue weighted by atomic mass is 16.3. The van der Waals surface area contributed by atoms with Crippen molar-refractivity contribution in [3.63, 3.8) is 0 Å². The highest BCUT2D eigenvalue weighted by Crippen LogP contribution is 2.14. The number of hydrogen-bond donors (Lipinski definition) is 3. The van der Waals surface area contributed by atoms with Crippen molar-refractivity contribution >= 4 is 5.91 Å². The number of nitrogens with one attached hydrogen (secondary N) is 1. The number of amides is 1. The van der Waals surface area contributed by atoms with E-state index in [-0.39, 0.29) is 18.6 Å². The maximum absolute atomic E-state index is 11.5. The van der Waals surface area contributed by atoms with Gasteiger partial charge in [-0.05, 0) is 31.7 Å². The smallest absolute Gasteiger partial charge is 0.220 e. The Morgan fingerprint density at radius 2 is 2.00 bits per heavy atom. The molecule has 0 aromatic carbocycles. The van der Waals surface area contributed by atoms with Crippen LogP contribution in [0.1, 0.15) is 46.0 Å². The van der Waals surface area contributed by atoms with E-state index in [9.17, 15) is 4.79 Å². The van der Waals surface area contributed by atoms with Crippen molar-refractivity contribution in [2.24, 2.45) is 11.7 Å². The molecule has 4 nitrogen and oxygen atoms in total. The first-order chi connectivity index (χ1) is 7.67. The molecule has 4 N–H and O–H groups in total. The van der Waals surface area contributed by atoms with Gasteiger partial charge in [-0.25, -0.2) is 0 Å². The molecule has 0 heterocycles. The minimum absolute atomic E-state index is 0.0161. The van der Waals surface area contributed by atoms with Gasteiger partial charge in [0.2, 0.25) is 5.91 Å². The monoisotopic (exact) mass is 230 g/mol. The van der Waals surface area contributed by atoms with Crippen LogP contribution in [0.4, 0.5) is 0 Å². The van der Waals surface area contributed by atoms with E-state index in [2.05, 4.69) is 12.2 Å². The molecule has 4 heteroatoms. The summed E-state index contributed by atoms with van der Waals surface area (Å²) in [5.74, 6) is 0.585. The van der Waals surface area contributed by atoms with E-state index in [1.54, 1.807) is 0 Å². The number of rotatable bonds is 9. The fourth-order valence-corrected chi connectivity index (χ4v) is 1.70. The van der Waals surface area contributed by atoms with E-state index in [0.29, 0.717) is 18.9 Å². The quantitative estimate of drug-likeness (QED) is 0.554. The summed E-state index contributed by atoms with van der Waals surface area (Å²) in [4.78, 5) is 11.5. The predicted octanol–water partition coefficient (Wildman–Crippen LogP) is 1.03. The lowest BCUT2D eigenvalue weighted by atomic mass is 9.96. The third-order valence-corrected chi connectivity index (χ3v) is 3.01. The zero-order valence-corrected chi connectivity index (χ0v) is 10.5. The Hall–Kier alpha value is -0.610. The maximum atomic E-state index is 11.5. The Bertz CT molecular complexity index is 182. The summed E-state index contributed by atoms with van der Waals surface area (Å²) in [5.41, 5.74) is 5.50. The molecule has 1 amide bonds. The van der Waals surface area contributed by atoms with Crippen molar-refractivity contribution in [3.8, 4) is 0 Å². The number of hydrogen-bond acceptors (Lipinski definition) is 3. The summed E-state index contributed by atoms with van der Waals surface area (Å²) in [6.45, 7) is 4.78. The largest absolute Gasteiger partial charge is 0.394 e. The van der Waals surface area contributed by atoms with Gasteiger partial charge >= 0.3 is 0 Å². The Morgan fingerprint density at radius 1 is 1.31 bits per heavy atom. The molecule has 0 aromatic rings. The normalized spacial score (nSPS) is 14.5. The van der Waals surface area contributed by atoms with Gasteiger partial charge in [0.05, 0.1) is 12.6 Å². The average Bonchev–Trinajstić information content (AvgIpc) is 2.31. The van der Waals surface area contributed by atoms with Crippen molar-refractivity contribution in [2.45, 2.75) is 52.0 Å². The molecule has 0 bridgehead atoms. The SMILES string of the molecule is CCC(CCN)CCC(=O)N[C@H](CC)CO. The minimum Gasteiger partial charge on any atom is -0.394 e. The van der Waals surface area contributed by atoms with E-state index in [1.807, 2.05) is 6.92 Å². The van der Waals surface area contributed by atoms with Crippen molar-refractivity contribution in [3.05, 3.63) is 0 Å². The Labute approximate surface area is 98.6 Å². The fraction of sp³-hybridized carbons (Fsp3) is 0.917. The predicted molar refractivity (Wildman–Crippen MR) is 66.0 cm³/mol. The van der Waals surface area contributed by atoms with Crippen LogP contribution < -0.4 is 11.1 Å². The highest BCUT2D eigenvalue weighted by Gasteiger charge is 2.11. The molecule has 0 radical (unpaired) electrons. The zero-order valence-electron chi connectivity index (χ0n) is 10.5. The van der Waals surface area contributed by atoms with Crippen LogP contribution in [-0.2, 0) is 4.79 Å². The van der Waals surface area contributed by atoms with Gasteiger partial charge in [0.1, 0.15) is 0 Å². The first-order valence-electron chi connectivity index (χ1n) is 6.28. The van der Waals surface area contributed by atoms with Gasteiger partial charge in [0.15, 0.2) is 0 Å². The average molecular weight is 230 g/mol. The molecule has 0 fully saturated rings. The van der Waals surface area contributed by atoms with Crippen LogP contribution >= 0.6 is 0 Å². The number of aliphatic hydroxyl groups is 1. The number of carbonyl (C=O) groups is 1. The third-order valence-electron chi connectivity index (χ3n) is 3.01. The Morgan fingerprint density at radius 3 is 2.44 bits per heavy atom. The van der Waals surface area contributed by atoms with Gasteiger partial charge in [0, 0.05) is 6.42 Å². The first-order valence-corrected chi connectivity index (χ1v) is 6.28. The van der Waals surface area contributed by atoms with Crippen LogP contribution in [-0.4, -0.2) is 30.2 Å². The van der Waals surface area contributed by atoms with Crippen molar-refractivity contribution in [1.82, 2.24) is 5.32 Å². The molecule has 0 spiro atoms.